The lowest BCUT2D eigenvalue weighted by atomic mass is 9.86. The number of hydrogen-bond donors (Lipinski definition) is 1. The van der Waals surface area contributed by atoms with E-state index < -0.39 is 23.8 Å². The molecule has 2 rings (SSSR count). The smallest absolute Gasteiger partial charge is 0.416 e. The summed E-state index contributed by atoms with van der Waals surface area (Å²) in [6, 6.07) is 10.1. The van der Waals surface area contributed by atoms with Gasteiger partial charge in [0.25, 0.3) is 5.91 Å². The largest absolute Gasteiger partial charge is 0.481 e. The highest BCUT2D eigenvalue weighted by Crippen LogP contribution is 2.34. The molecule has 0 spiro atoms. The van der Waals surface area contributed by atoms with Gasteiger partial charge < -0.3 is 10.1 Å². The van der Waals surface area contributed by atoms with Gasteiger partial charge in [-0.15, -0.1) is 0 Å². The number of rotatable bonds is 4. The van der Waals surface area contributed by atoms with E-state index >= 15 is 0 Å². The van der Waals surface area contributed by atoms with Crippen molar-refractivity contribution in [2.75, 3.05) is 5.32 Å². The van der Waals surface area contributed by atoms with Crippen LogP contribution in [-0.2, 0) is 16.4 Å². The van der Waals surface area contributed by atoms with E-state index in [1.54, 1.807) is 12.1 Å². The summed E-state index contributed by atoms with van der Waals surface area (Å²) in [5.41, 5.74) is -0.288. The van der Waals surface area contributed by atoms with Crippen LogP contribution in [0.1, 0.15) is 38.8 Å². The van der Waals surface area contributed by atoms with E-state index in [0.717, 1.165) is 23.8 Å². The molecule has 146 valence electrons. The number of carbonyl (C=O) groups excluding carboxylic acids is 1. The molecule has 2 aromatic carbocycles. The molecule has 0 aromatic heterocycles. The first kappa shape index (κ1) is 21.1. The maximum absolute atomic E-state index is 12.9. The fourth-order valence-corrected chi connectivity index (χ4v) is 2.63. The molecule has 0 aliphatic carbocycles. The summed E-state index contributed by atoms with van der Waals surface area (Å²) in [6.45, 7) is 7.57. The molecule has 0 saturated heterocycles. The standard InChI is InChI=1S/C20H21ClF3NO2/c1-12(27-17-8-6-5-7-14(17)19(2,3)4)18(26)25-16-11-13(20(22,23)24)9-10-15(16)21/h5-12H,1-4H3,(H,25,26). The molecule has 27 heavy (non-hydrogen) atoms. The lowest BCUT2D eigenvalue weighted by Gasteiger charge is -2.24. The second-order valence-corrected chi connectivity index (χ2v) is 7.60. The highest BCUT2D eigenvalue weighted by molar-refractivity contribution is 6.33. The van der Waals surface area contributed by atoms with Gasteiger partial charge >= 0.3 is 6.18 Å². The molecule has 1 unspecified atom stereocenters. The van der Waals surface area contributed by atoms with Gasteiger partial charge in [-0.2, -0.15) is 13.2 Å². The lowest BCUT2D eigenvalue weighted by Crippen LogP contribution is -2.31. The summed E-state index contributed by atoms with van der Waals surface area (Å²) in [5.74, 6) is -0.0530. The van der Waals surface area contributed by atoms with Crippen LogP contribution >= 0.6 is 11.6 Å². The lowest BCUT2D eigenvalue weighted by molar-refractivity contribution is -0.137. The van der Waals surface area contributed by atoms with Crippen LogP contribution in [-0.4, -0.2) is 12.0 Å². The normalized spacial score (nSPS) is 13.2. The first-order chi connectivity index (χ1) is 12.4. The van der Waals surface area contributed by atoms with E-state index in [9.17, 15) is 18.0 Å². The minimum Gasteiger partial charge on any atom is -0.481 e. The molecule has 1 N–H and O–H groups in total. The first-order valence-corrected chi connectivity index (χ1v) is 8.71. The number of nitrogens with one attached hydrogen (secondary N) is 1. The number of ether oxygens (including phenoxy) is 1. The molecule has 3 nitrogen and oxygen atoms in total. The van der Waals surface area contributed by atoms with Crippen molar-refractivity contribution in [2.45, 2.75) is 45.4 Å². The number of para-hydroxylation sites is 1. The Bertz CT molecular complexity index is 829. The fraction of sp³-hybridized carbons (Fsp3) is 0.350. The SMILES string of the molecule is CC(Oc1ccccc1C(C)(C)C)C(=O)Nc1cc(C(F)(F)F)ccc1Cl. The molecular formula is C20H21ClF3NO2. The summed E-state index contributed by atoms with van der Waals surface area (Å²) in [5, 5.41) is 2.42. The Balaban J connectivity index is 2.18. The molecule has 0 heterocycles. The predicted octanol–water partition coefficient (Wildman–Crippen LogP) is 6.06. The highest BCUT2D eigenvalue weighted by Gasteiger charge is 2.31. The average molecular weight is 400 g/mol. The number of hydrogen-bond acceptors (Lipinski definition) is 2. The van der Waals surface area contributed by atoms with E-state index in [1.165, 1.54) is 6.92 Å². The zero-order chi connectivity index (χ0) is 20.4. The molecule has 0 radical (unpaired) electrons. The number of carbonyl (C=O) groups is 1. The van der Waals surface area contributed by atoms with Gasteiger partial charge in [-0.3, -0.25) is 4.79 Å². The molecule has 7 heteroatoms. The summed E-state index contributed by atoms with van der Waals surface area (Å²) < 4.78 is 44.3. The van der Waals surface area contributed by atoms with Crippen LogP contribution in [0.3, 0.4) is 0 Å². The Morgan fingerprint density at radius 3 is 2.33 bits per heavy atom. The van der Waals surface area contributed by atoms with Crippen molar-refractivity contribution >= 4 is 23.2 Å². The molecule has 0 fully saturated rings. The third kappa shape index (κ3) is 5.39. The molecule has 1 atom stereocenters. The predicted molar refractivity (Wildman–Crippen MR) is 100 cm³/mol. The van der Waals surface area contributed by atoms with Crippen molar-refractivity contribution in [3.8, 4) is 5.75 Å². The number of anilines is 1. The van der Waals surface area contributed by atoms with Crippen LogP contribution < -0.4 is 10.1 Å². The van der Waals surface area contributed by atoms with Gasteiger partial charge in [0, 0.05) is 0 Å². The third-order valence-electron chi connectivity index (χ3n) is 3.92. The number of amides is 1. The molecular weight excluding hydrogens is 379 g/mol. The van der Waals surface area contributed by atoms with Crippen molar-refractivity contribution < 1.29 is 22.7 Å². The minimum atomic E-state index is -4.53. The van der Waals surface area contributed by atoms with E-state index in [1.807, 2.05) is 32.9 Å². The van der Waals surface area contributed by atoms with Crippen LogP contribution in [0.15, 0.2) is 42.5 Å². The molecule has 0 bridgehead atoms. The van der Waals surface area contributed by atoms with Gasteiger partial charge in [-0.05, 0) is 42.2 Å². The Hall–Kier alpha value is -2.21. The van der Waals surface area contributed by atoms with Crippen molar-refractivity contribution in [3.63, 3.8) is 0 Å². The van der Waals surface area contributed by atoms with Crippen molar-refractivity contribution in [2.24, 2.45) is 0 Å². The number of benzene rings is 2. The Kier molecular flexibility index (Phi) is 6.10. The highest BCUT2D eigenvalue weighted by atomic mass is 35.5. The van der Waals surface area contributed by atoms with Crippen molar-refractivity contribution in [3.05, 3.63) is 58.6 Å². The van der Waals surface area contributed by atoms with Crippen LogP contribution in [0.5, 0.6) is 5.75 Å². The Labute approximate surface area is 161 Å². The van der Waals surface area contributed by atoms with E-state index in [-0.39, 0.29) is 16.1 Å². The minimum absolute atomic E-state index is 0.0126. The summed E-state index contributed by atoms with van der Waals surface area (Å²) in [7, 11) is 0. The molecule has 2 aromatic rings. The number of halogens is 4. The molecule has 1 amide bonds. The maximum Gasteiger partial charge on any atom is 0.416 e. The molecule has 0 aliphatic heterocycles. The zero-order valence-corrected chi connectivity index (χ0v) is 16.2. The van der Waals surface area contributed by atoms with Gasteiger partial charge in [-0.25, -0.2) is 0 Å². The van der Waals surface area contributed by atoms with E-state index in [4.69, 9.17) is 16.3 Å². The maximum atomic E-state index is 12.9. The van der Waals surface area contributed by atoms with Crippen LogP contribution in [0, 0.1) is 0 Å². The van der Waals surface area contributed by atoms with Gasteiger partial charge in [0.15, 0.2) is 6.10 Å². The van der Waals surface area contributed by atoms with E-state index in [0.29, 0.717) is 5.75 Å². The first-order valence-electron chi connectivity index (χ1n) is 8.33. The quantitative estimate of drug-likeness (QED) is 0.678. The topological polar surface area (TPSA) is 38.3 Å². The van der Waals surface area contributed by atoms with Crippen molar-refractivity contribution in [1.29, 1.82) is 0 Å². The average Bonchev–Trinajstić information content (AvgIpc) is 2.55. The third-order valence-corrected chi connectivity index (χ3v) is 4.25. The summed E-state index contributed by atoms with van der Waals surface area (Å²) in [6.07, 6.45) is -5.46. The number of alkyl halides is 3. The fourth-order valence-electron chi connectivity index (χ4n) is 2.46. The van der Waals surface area contributed by atoms with E-state index in [2.05, 4.69) is 5.32 Å². The second kappa shape index (κ2) is 7.80. The van der Waals surface area contributed by atoms with Gasteiger partial charge in [-0.1, -0.05) is 50.6 Å². The van der Waals surface area contributed by atoms with Crippen molar-refractivity contribution in [1.82, 2.24) is 0 Å². The van der Waals surface area contributed by atoms with Crippen LogP contribution in [0.25, 0.3) is 0 Å². The molecule has 0 aliphatic rings. The van der Waals surface area contributed by atoms with Crippen LogP contribution in [0.2, 0.25) is 5.02 Å². The van der Waals surface area contributed by atoms with Crippen LogP contribution in [0.4, 0.5) is 18.9 Å². The summed E-state index contributed by atoms with van der Waals surface area (Å²) in [4.78, 5) is 12.4. The Morgan fingerprint density at radius 1 is 1.11 bits per heavy atom. The van der Waals surface area contributed by atoms with Gasteiger partial charge in [0.2, 0.25) is 0 Å². The van der Waals surface area contributed by atoms with Gasteiger partial charge in [0.1, 0.15) is 5.75 Å². The second-order valence-electron chi connectivity index (χ2n) is 7.19. The Morgan fingerprint density at radius 2 is 1.74 bits per heavy atom. The monoisotopic (exact) mass is 399 g/mol. The zero-order valence-electron chi connectivity index (χ0n) is 15.4. The molecule has 0 saturated carbocycles. The van der Waals surface area contributed by atoms with Gasteiger partial charge in [0.05, 0.1) is 16.3 Å². The summed E-state index contributed by atoms with van der Waals surface area (Å²) >= 11 is 5.92.